The van der Waals surface area contributed by atoms with E-state index in [0.29, 0.717) is 55.3 Å². The zero-order valence-corrected chi connectivity index (χ0v) is 17.7. The highest BCUT2D eigenvalue weighted by Crippen LogP contribution is 2.37. The molecule has 0 saturated heterocycles. The fourth-order valence-corrected chi connectivity index (χ4v) is 3.53. The number of aliphatic hydroxyl groups excluding tert-OH is 1. The second-order valence-electron chi connectivity index (χ2n) is 6.90. The number of hydrogen-bond acceptors (Lipinski definition) is 7. The van der Waals surface area contributed by atoms with Crippen LogP contribution in [0.3, 0.4) is 0 Å². The van der Waals surface area contributed by atoms with Gasteiger partial charge in [0, 0.05) is 31.1 Å². The molecule has 0 bridgehead atoms. The smallest absolute Gasteiger partial charge is 0.305 e. The Morgan fingerprint density at radius 1 is 1.33 bits per heavy atom. The lowest BCUT2D eigenvalue weighted by atomic mass is 10.1. The molecular formula is C20H25ClN6O3. The van der Waals surface area contributed by atoms with E-state index in [2.05, 4.69) is 9.98 Å². The van der Waals surface area contributed by atoms with Crippen LogP contribution in [0.25, 0.3) is 11.4 Å². The summed E-state index contributed by atoms with van der Waals surface area (Å²) in [6.45, 7) is 2.57. The maximum Gasteiger partial charge on any atom is 0.305 e. The van der Waals surface area contributed by atoms with Crippen LogP contribution in [-0.4, -0.2) is 49.8 Å². The topological polar surface area (TPSA) is 130 Å². The number of nitrogens with zero attached hydrogens (tertiary/aromatic N) is 4. The number of amidine groups is 2. The van der Waals surface area contributed by atoms with Crippen molar-refractivity contribution in [3.05, 3.63) is 35.5 Å². The molecule has 1 aromatic heterocycles. The SMILES string of the molecule is CCOC(=O)CCCCN1C(Cl)=Nc2c(nc(-c3ccc(C(=N)N)cc3)n2C)C1O. The number of aromatic nitrogens is 2. The van der Waals surface area contributed by atoms with E-state index in [9.17, 15) is 9.90 Å². The Labute approximate surface area is 179 Å². The Morgan fingerprint density at radius 3 is 2.67 bits per heavy atom. The molecule has 1 atom stereocenters. The van der Waals surface area contributed by atoms with Crippen LogP contribution >= 0.6 is 11.6 Å². The van der Waals surface area contributed by atoms with Crippen LogP contribution in [-0.2, 0) is 16.6 Å². The molecule has 1 aromatic carbocycles. The van der Waals surface area contributed by atoms with E-state index in [1.165, 1.54) is 0 Å². The molecule has 0 saturated carbocycles. The number of fused-ring (bicyclic) bond motifs is 1. The average Bonchev–Trinajstić information content (AvgIpc) is 3.04. The number of carbonyl (C=O) groups excluding carboxylic acids is 1. The number of halogens is 1. The monoisotopic (exact) mass is 432 g/mol. The number of unbranched alkanes of at least 4 members (excludes halogenated alkanes) is 1. The number of rotatable bonds is 8. The van der Waals surface area contributed by atoms with Crippen LogP contribution in [0.4, 0.5) is 5.82 Å². The van der Waals surface area contributed by atoms with E-state index in [-0.39, 0.29) is 17.1 Å². The molecule has 0 spiro atoms. The van der Waals surface area contributed by atoms with Crippen molar-refractivity contribution in [2.24, 2.45) is 17.8 Å². The number of aliphatic hydroxyl groups is 1. The van der Waals surface area contributed by atoms with Crippen molar-refractivity contribution in [3.8, 4) is 11.4 Å². The minimum atomic E-state index is -1.04. The molecule has 0 radical (unpaired) electrons. The molecule has 0 aliphatic carbocycles. The summed E-state index contributed by atoms with van der Waals surface area (Å²) in [6.07, 6.45) is 0.545. The quantitative estimate of drug-likeness (QED) is 0.193. The molecule has 4 N–H and O–H groups in total. The van der Waals surface area contributed by atoms with E-state index in [0.717, 1.165) is 5.56 Å². The third-order valence-corrected chi connectivity index (χ3v) is 5.16. The lowest BCUT2D eigenvalue weighted by Crippen LogP contribution is -2.35. The van der Waals surface area contributed by atoms with Crippen LogP contribution in [0.15, 0.2) is 29.3 Å². The van der Waals surface area contributed by atoms with Crippen molar-refractivity contribution in [1.82, 2.24) is 14.5 Å². The van der Waals surface area contributed by atoms with Gasteiger partial charge in [-0.1, -0.05) is 24.3 Å². The zero-order valence-electron chi connectivity index (χ0n) is 16.9. The first kappa shape index (κ1) is 21.8. The van der Waals surface area contributed by atoms with Gasteiger partial charge < -0.3 is 25.0 Å². The van der Waals surface area contributed by atoms with Gasteiger partial charge in [-0.2, -0.15) is 4.99 Å². The summed E-state index contributed by atoms with van der Waals surface area (Å²) in [5.74, 6) is 0.863. The maximum absolute atomic E-state index is 11.5. The highest BCUT2D eigenvalue weighted by atomic mass is 35.5. The summed E-state index contributed by atoms with van der Waals surface area (Å²) >= 11 is 6.33. The molecule has 1 unspecified atom stereocenters. The number of benzene rings is 1. The van der Waals surface area contributed by atoms with E-state index in [4.69, 9.17) is 27.5 Å². The standard InChI is InChI=1S/C20H25ClN6O3/c1-3-30-14(28)6-4-5-11-27-19(29)15-18(25-20(27)21)26(2)17(24-15)13-9-7-12(8-10-13)16(22)23/h7-10,19,29H,3-6,11H2,1-2H3,(H3,22,23). The summed E-state index contributed by atoms with van der Waals surface area (Å²) in [5, 5.41) is 18.5. The predicted molar refractivity (Wildman–Crippen MR) is 115 cm³/mol. The molecular weight excluding hydrogens is 408 g/mol. The van der Waals surface area contributed by atoms with Crippen LogP contribution in [0, 0.1) is 5.41 Å². The van der Waals surface area contributed by atoms with E-state index in [1.54, 1.807) is 35.6 Å². The summed E-state index contributed by atoms with van der Waals surface area (Å²) in [4.78, 5) is 22.0. The molecule has 2 aromatic rings. The number of imidazole rings is 1. The first-order valence-corrected chi connectivity index (χ1v) is 10.1. The first-order chi connectivity index (χ1) is 14.3. The van der Waals surface area contributed by atoms with Gasteiger partial charge in [-0.25, -0.2) is 4.98 Å². The van der Waals surface area contributed by atoms with Crippen molar-refractivity contribution in [3.63, 3.8) is 0 Å². The number of nitrogen functional groups attached to an aromatic ring is 1. The second-order valence-corrected chi connectivity index (χ2v) is 7.24. The lowest BCUT2D eigenvalue weighted by molar-refractivity contribution is -0.143. The highest BCUT2D eigenvalue weighted by molar-refractivity contribution is 6.65. The van der Waals surface area contributed by atoms with Gasteiger partial charge in [-0.3, -0.25) is 10.2 Å². The summed E-state index contributed by atoms with van der Waals surface area (Å²) in [7, 11) is 1.80. The summed E-state index contributed by atoms with van der Waals surface area (Å²) in [6, 6.07) is 7.12. The fourth-order valence-electron chi connectivity index (χ4n) is 3.27. The highest BCUT2D eigenvalue weighted by Gasteiger charge is 2.32. The van der Waals surface area contributed by atoms with Gasteiger partial charge >= 0.3 is 5.97 Å². The normalized spacial score (nSPS) is 15.5. The van der Waals surface area contributed by atoms with Crippen LogP contribution in [0.2, 0.25) is 0 Å². The molecule has 0 amide bonds. The van der Waals surface area contributed by atoms with Gasteiger partial charge in [0.2, 0.25) is 5.29 Å². The van der Waals surface area contributed by atoms with Crippen molar-refractivity contribution in [1.29, 1.82) is 5.41 Å². The molecule has 0 fully saturated rings. The van der Waals surface area contributed by atoms with Crippen molar-refractivity contribution in [2.75, 3.05) is 13.2 Å². The summed E-state index contributed by atoms with van der Waals surface area (Å²) in [5.41, 5.74) is 7.34. The molecule has 160 valence electrons. The molecule has 3 rings (SSSR count). The van der Waals surface area contributed by atoms with Crippen LogP contribution in [0.5, 0.6) is 0 Å². The van der Waals surface area contributed by atoms with E-state index < -0.39 is 6.23 Å². The number of esters is 1. The van der Waals surface area contributed by atoms with Crippen molar-refractivity contribution < 1.29 is 14.6 Å². The Balaban J connectivity index is 1.75. The minimum Gasteiger partial charge on any atom is -0.466 e. The maximum atomic E-state index is 11.5. The molecule has 1 aliphatic heterocycles. The third-order valence-electron chi connectivity index (χ3n) is 4.86. The zero-order chi connectivity index (χ0) is 21.8. The van der Waals surface area contributed by atoms with Gasteiger partial charge in [-0.05, 0) is 31.4 Å². The molecule has 2 heterocycles. The predicted octanol–water partition coefficient (Wildman–Crippen LogP) is 2.64. The Kier molecular flexibility index (Phi) is 6.73. The van der Waals surface area contributed by atoms with Gasteiger partial charge in [0.15, 0.2) is 12.0 Å². The lowest BCUT2D eigenvalue weighted by Gasteiger charge is -2.30. The largest absolute Gasteiger partial charge is 0.466 e. The Bertz CT molecular complexity index is 970. The molecule has 30 heavy (non-hydrogen) atoms. The van der Waals surface area contributed by atoms with Gasteiger partial charge in [-0.15, -0.1) is 0 Å². The fraction of sp³-hybridized carbons (Fsp3) is 0.400. The van der Waals surface area contributed by atoms with Gasteiger partial charge in [0.05, 0.1) is 6.61 Å². The third kappa shape index (κ3) is 4.47. The number of ether oxygens (including phenoxy) is 1. The van der Waals surface area contributed by atoms with Crippen molar-refractivity contribution in [2.45, 2.75) is 32.4 Å². The van der Waals surface area contributed by atoms with Crippen LogP contribution < -0.4 is 5.73 Å². The Morgan fingerprint density at radius 2 is 2.03 bits per heavy atom. The van der Waals surface area contributed by atoms with Crippen LogP contribution in [0.1, 0.15) is 43.7 Å². The summed E-state index contributed by atoms with van der Waals surface area (Å²) < 4.78 is 6.68. The van der Waals surface area contributed by atoms with Gasteiger partial charge in [0.25, 0.3) is 0 Å². The minimum absolute atomic E-state index is 0.00825. The number of aliphatic imine (C=N–C) groups is 1. The first-order valence-electron chi connectivity index (χ1n) is 9.69. The number of carbonyl (C=O) groups is 1. The second kappa shape index (κ2) is 9.27. The average molecular weight is 433 g/mol. The number of nitrogens with one attached hydrogen (secondary N) is 1. The molecule has 9 nitrogen and oxygen atoms in total. The number of hydrogen-bond donors (Lipinski definition) is 3. The van der Waals surface area contributed by atoms with Crippen molar-refractivity contribution >= 4 is 34.5 Å². The molecule has 10 heteroatoms. The Hall–Kier alpha value is -2.91. The van der Waals surface area contributed by atoms with E-state index in [1.807, 2.05) is 12.1 Å². The number of nitrogens with two attached hydrogens (primary N) is 1. The molecule has 1 aliphatic rings. The van der Waals surface area contributed by atoms with E-state index >= 15 is 0 Å². The van der Waals surface area contributed by atoms with Gasteiger partial charge in [0.1, 0.15) is 17.4 Å².